The van der Waals surface area contributed by atoms with E-state index >= 15 is 0 Å². The minimum atomic E-state index is -1.19. The Morgan fingerprint density at radius 2 is 1.52 bits per heavy atom. The number of nitrogens with zero attached hydrogens (tertiary/aromatic N) is 3. The number of hydrogen-bond acceptors (Lipinski definition) is 5. The molecule has 0 amide bonds. The molecule has 6 rings (SSSR count). The van der Waals surface area contributed by atoms with Crippen molar-refractivity contribution in [3.05, 3.63) is 132 Å². The molecule has 0 fully saturated rings. The second-order valence-electron chi connectivity index (χ2n) is 10.1. The molecule has 3 aromatic heterocycles. The summed E-state index contributed by atoms with van der Waals surface area (Å²) in [6, 6.07) is 32.8. The maximum Gasteiger partial charge on any atom is 0.338 e. The molecule has 6 aromatic rings. The van der Waals surface area contributed by atoms with Gasteiger partial charge >= 0.3 is 5.97 Å². The van der Waals surface area contributed by atoms with Crippen LogP contribution >= 0.6 is 0 Å². The normalized spacial score (nSPS) is 10.7. The fourth-order valence-electron chi connectivity index (χ4n) is 5.18. The lowest BCUT2D eigenvalue weighted by molar-refractivity contribution is 0.0692. The van der Waals surface area contributed by atoms with Crippen molar-refractivity contribution in [3.8, 4) is 16.9 Å². The summed E-state index contributed by atoms with van der Waals surface area (Å²) in [6.07, 6.45) is 4.23. The van der Waals surface area contributed by atoms with E-state index in [1.165, 1.54) is 22.7 Å². The molecule has 0 bridgehead atoms. The van der Waals surface area contributed by atoms with Crippen LogP contribution in [0.1, 0.15) is 47.2 Å². The summed E-state index contributed by atoms with van der Waals surface area (Å²) in [6.45, 7) is 7.99. The van der Waals surface area contributed by atoms with Gasteiger partial charge in [0.1, 0.15) is 11.4 Å². The van der Waals surface area contributed by atoms with Crippen LogP contribution in [0.25, 0.3) is 27.5 Å². The highest BCUT2D eigenvalue weighted by Crippen LogP contribution is 2.29. The van der Waals surface area contributed by atoms with Crippen molar-refractivity contribution in [1.29, 1.82) is 0 Å². The maximum atomic E-state index is 13.3. The summed E-state index contributed by atoms with van der Waals surface area (Å²) in [5.74, 6) is -1.24. The van der Waals surface area contributed by atoms with Gasteiger partial charge in [0.05, 0.1) is 23.3 Å². The van der Waals surface area contributed by atoms with Crippen LogP contribution in [0.4, 0.5) is 5.69 Å². The Kier molecular flexibility index (Phi) is 9.35. The van der Waals surface area contributed by atoms with Crippen LogP contribution in [0.2, 0.25) is 0 Å². The first-order valence-corrected chi connectivity index (χ1v) is 14.7. The zero-order valence-electron chi connectivity index (χ0n) is 25.1. The number of carbonyl (C=O) groups is 2. The van der Waals surface area contributed by atoms with Gasteiger partial charge in [0.25, 0.3) is 0 Å². The molecule has 0 radical (unpaired) electrons. The van der Waals surface area contributed by atoms with Crippen molar-refractivity contribution in [2.45, 2.75) is 20.8 Å². The van der Waals surface area contributed by atoms with E-state index in [4.69, 9.17) is 4.74 Å². The summed E-state index contributed by atoms with van der Waals surface area (Å²) in [5, 5.41) is 10.3. The van der Waals surface area contributed by atoms with Gasteiger partial charge in [-0.05, 0) is 68.8 Å². The number of anilines is 1. The third kappa shape index (κ3) is 6.47. The Labute approximate surface area is 257 Å². The maximum absolute atomic E-state index is 13.3. The van der Waals surface area contributed by atoms with E-state index in [1.807, 2.05) is 31.2 Å². The summed E-state index contributed by atoms with van der Waals surface area (Å²) < 4.78 is 7.87. The van der Waals surface area contributed by atoms with Gasteiger partial charge in [0.2, 0.25) is 5.78 Å². The monoisotopic (exact) mass is 585 g/mol. The molecule has 0 spiro atoms. The first-order valence-electron chi connectivity index (χ1n) is 14.7. The molecule has 0 unspecified atom stereocenters. The number of fused-ring (bicyclic) bond motifs is 2. The van der Waals surface area contributed by atoms with Gasteiger partial charge in [-0.3, -0.25) is 4.79 Å². The van der Waals surface area contributed by atoms with E-state index < -0.39 is 11.8 Å². The Balaban J connectivity index is 0.000000212. The smallest absolute Gasteiger partial charge is 0.338 e. The fraction of sp³-hybridized carbons (Fsp3) is 0.162. The highest BCUT2D eigenvalue weighted by Gasteiger charge is 2.24. The zero-order chi connectivity index (χ0) is 31.1. The SMILES string of the molecule is CCOc1cc(N(CC)CC)ccc1C(=O)c1nc2ccccc2cc1C(=O)O.c1ccc(-c2cc3ccccn3c2)cc1. The highest BCUT2D eigenvalue weighted by atomic mass is 16.5. The van der Waals surface area contributed by atoms with Crippen LogP contribution in [0, 0.1) is 0 Å². The van der Waals surface area contributed by atoms with Crippen molar-refractivity contribution in [2.75, 3.05) is 24.6 Å². The number of carbonyl (C=O) groups excluding carboxylic acids is 1. The van der Waals surface area contributed by atoms with Gasteiger partial charge in [0.15, 0.2) is 0 Å². The number of carboxylic acid groups (broad SMARTS) is 1. The number of ether oxygens (including phenoxy) is 1. The van der Waals surface area contributed by atoms with Crippen molar-refractivity contribution in [2.24, 2.45) is 0 Å². The summed E-state index contributed by atoms with van der Waals surface area (Å²) >= 11 is 0. The molecule has 1 N–H and O–H groups in total. The Morgan fingerprint density at radius 1 is 0.795 bits per heavy atom. The van der Waals surface area contributed by atoms with Crippen molar-refractivity contribution in [1.82, 2.24) is 9.38 Å². The highest BCUT2D eigenvalue weighted by molar-refractivity contribution is 6.15. The minimum absolute atomic E-state index is 0.0901. The fourth-order valence-corrected chi connectivity index (χ4v) is 5.18. The predicted molar refractivity (Wildman–Crippen MR) is 176 cm³/mol. The van der Waals surface area contributed by atoms with Crippen LogP contribution in [0.3, 0.4) is 0 Å². The van der Waals surface area contributed by atoms with Crippen LogP contribution in [0.15, 0.2) is 116 Å². The summed E-state index contributed by atoms with van der Waals surface area (Å²) in [7, 11) is 0. The van der Waals surface area contributed by atoms with Crippen molar-refractivity contribution < 1.29 is 19.4 Å². The molecular weight excluding hydrogens is 550 g/mol. The number of benzene rings is 3. The largest absolute Gasteiger partial charge is 0.493 e. The molecular formula is C37H35N3O4. The molecule has 3 aromatic carbocycles. The molecule has 44 heavy (non-hydrogen) atoms. The second-order valence-corrected chi connectivity index (χ2v) is 10.1. The van der Waals surface area contributed by atoms with Crippen LogP contribution in [-0.2, 0) is 0 Å². The van der Waals surface area contributed by atoms with Gasteiger partial charge in [-0.2, -0.15) is 0 Å². The number of aromatic nitrogens is 2. The lowest BCUT2D eigenvalue weighted by Gasteiger charge is -2.22. The van der Waals surface area contributed by atoms with Crippen molar-refractivity contribution in [3.63, 3.8) is 0 Å². The number of pyridine rings is 2. The lowest BCUT2D eigenvalue weighted by Crippen LogP contribution is -2.22. The average Bonchev–Trinajstić information content (AvgIpc) is 3.50. The van der Waals surface area contributed by atoms with E-state index in [0.717, 1.165) is 18.8 Å². The zero-order valence-corrected chi connectivity index (χ0v) is 25.1. The van der Waals surface area contributed by atoms with Gasteiger partial charge in [0, 0.05) is 53.7 Å². The van der Waals surface area contributed by atoms with Gasteiger partial charge < -0.3 is 19.1 Å². The lowest BCUT2D eigenvalue weighted by atomic mass is 10.0. The third-order valence-corrected chi connectivity index (χ3v) is 7.42. The average molecular weight is 586 g/mol. The standard InChI is InChI=1S/C23H24N2O4.C14H11N/c1-4-25(5-2)16-11-12-17(20(14-16)29-6-3)22(26)21-18(23(27)28)13-15-9-7-8-10-19(15)24-21;1-2-6-12(7-3-1)13-10-14-8-4-5-9-15(14)11-13/h7-14H,4-6H2,1-3H3,(H,27,28);1-11H. The van der Waals surface area contributed by atoms with E-state index in [2.05, 4.69) is 83.0 Å². The van der Waals surface area contributed by atoms with Gasteiger partial charge in [-0.25, -0.2) is 9.78 Å². The Bertz CT molecular complexity index is 1880. The molecule has 0 atom stereocenters. The first-order chi connectivity index (χ1) is 21.4. The molecule has 3 heterocycles. The number of carboxylic acids is 1. The van der Waals surface area contributed by atoms with Crippen LogP contribution in [0.5, 0.6) is 5.75 Å². The molecule has 0 saturated heterocycles. The molecule has 0 saturated carbocycles. The second kappa shape index (κ2) is 13.7. The van der Waals surface area contributed by atoms with Crippen LogP contribution < -0.4 is 9.64 Å². The Hall–Kier alpha value is -5.43. The van der Waals surface area contributed by atoms with Gasteiger partial charge in [-0.15, -0.1) is 0 Å². The number of aromatic carboxylic acids is 1. The third-order valence-electron chi connectivity index (χ3n) is 7.42. The van der Waals surface area contributed by atoms with Crippen molar-refractivity contribution >= 4 is 33.9 Å². The van der Waals surface area contributed by atoms with Crippen LogP contribution in [-0.4, -0.2) is 45.9 Å². The predicted octanol–water partition coefficient (Wildman–Crippen LogP) is 8.02. The molecule has 222 valence electrons. The van der Waals surface area contributed by atoms with Gasteiger partial charge in [-0.1, -0.05) is 54.6 Å². The van der Waals surface area contributed by atoms with E-state index in [1.54, 1.807) is 30.3 Å². The quantitative estimate of drug-likeness (QED) is 0.173. The number of para-hydroxylation sites is 1. The Morgan fingerprint density at radius 3 is 2.23 bits per heavy atom. The van der Waals surface area contributed by atoms with E-state index in [-0.39, 0.29) is 11.3 Å². The molecule has 0 aliphatic heterocycles. The van der Waals surface area contributed by atoms with E-state index in [0.29, 0.717) is 28.8 Å². The minimum Gasteiger partial charge on any atom is -0.493 e. The number of ketones is 1. The molecule has 0 aliphatic carbocycles. The molecule has 7 nitrogen and oxygen atoms in total. The number of hydrogen-bond donors (Lipinski definition) is 1. The number of rotatable bonds is 9. The topological polar surface area (TPSA) is 84.1 Å². The molecule has 7 heteroatoms. The molecule has 0 aliphatic rings. The summed E-state index contributed by atoms with van der Waals surface area (Å²) in [4.78, 5) is 31.6. The first kappa shape index (κ1) is 30.0. The van der Waals surface area contributed by atoms with E-state index in [9.17, 15) is 14.7 Å². The summed E-state index contributed by atoms with van der Waals surface area (Å²) in [5.41, 5.74) is 5.36.